The van der Waals surface area contributed by atoms with Gasteiger partial charge in [-0.2, -0.15) is 0 Å². The minimum absolute atomic E-state index is 0.270. The number of hydrogen-bond donors (Lipinski definition) is 1. The van der Waals surface area contributed by atoms with Gasteiger partial charge in [0, 0.05) is 9.35 Å². The summed E-state index contributed by atoms with van der Waals surface area (Å²) in [5.41, 5.74) is 0.956. The van der Waals surface area contributed by atoms with E-state index in [-0.39, 0.29) is 6.04 Å². The number of thiophene rings is 1. The molecule has 0 radical (unpaired) electrons. The lowest BCUT2D eigenvalue weighted by Crippen LogP contribution is -2.05. The largest absolute Gasteiger partial charge is 0.376 e. The molecule has 0 bridgehead atoms. The first-order chi connectivity index (χ1) is 7.66. The minimum atomic E-state index is 0.270. The van der Waals surface area contributed by atoms with Crippen molar-refractivity contribution in [2.24, 2.45) is 0 Å². The predicted molar refractivity (Wildman–Crippen MR) is 75.5 cm³/mol. The third-order valence-electron chi connectivity index (χ3n) is 2.27. The van der Waals surface area contributed by atoms with Gasteiger partial charge in [-0.05, 0) is 36.6 Å². The lowest BCUT2D eigenvalue weighted by Gasteiger charge is -2.15. The van der Waals surface area contributed by atoms with Crippen molar-refractivity contribution in [3.05, 3.63) is 50.1 Å². The highest BCUT2D eigenvalue weighted by Gasteiger charge is 2.08. The molecule has 1 heterocycles. The summed E-state index contributed by atoms with van der Waals surface area (Å²) in [5.74, 6) is 0. The Balaban J connectivity index is 2.17. The summed E-state index contributed by atoms with van der Waals surface area (Å²) in [6.07, 6.45) is 0. The molecule has 4 heteroatoms. The monoisotopic (exact) mass is 315 g/mol. The van der Waals surface area contributed by atoms with Gasteiger partial charge < -0.3 is 5.32 Å². The topological polar surface area (TPSA) is 12.0 Å². The molecule has 0 spiro atoms. The van der Waals surface area contributed by atoms with E-state index in [1.807, 2.05) is 18.2 Å². The third kappa shape index (κ3) is 2.78. The van der Waals surface area contributed by atoms with E-state index in [9.17, 15) is 0 Å². The minimum Gasteiger partial charge on any atom is -0.376 e. The molecule has 0 saturated carbocycles. The highest BCUT2D eigenvalue weighted by molar-refractivity contribution is 9.10. The van der Waals surface area contributed by atoms with Gasteiger partial charge in [-0.3, -0.25) is 0 Å². The van der Waals surface area contributed by atoms with E-state index in [4.69, 9.17) is 11.6 Å². The molecule has 16 heavy (non-hydrogen) atoms. The van der Waals surface area contributed by atoms with Crippen molar-refractivity contribution < 1.29 is 0 Å². The molecule has 1 N–H and O–H groups in total. The second-order valence-corrected chi connectivity index (χ2v) is 5.81. The van der Waals surface area contributed by atoms with Crippen molar-refractivity contribution in [2.75, 3.05) is 5.32 Å². The molecule has 0 saturated heterocycles. The van der Waals surface area contributed by atoms with Crippen molar-refractivity contribution in [3.63, 3.8) is 0 Å². The summed E-state index contributed by atoms with van der Waals surface area (Å²) in [6.45, 7) is 2.13. The fourth-order valence-electron chi connectivity index (χ4n) is 1.45. The Hall–Kier alpha value is -0.510. The fourth-order valence-corrected chi connectivity index (χ4v) is 2.72. The van der Waals surface area contributed by atoms with Gasteiger partial charge in [-0.25, -0.2) is 0 Å². The van der Waals surface area contributed by atoms with Crippen molar-refractivity contribution in [2.45, 2.75) is 13.0 Å². The van der Waals surface area contributed by atoms with Crippen LogP contribution in [0.3, 0.4) is 0 Å². The van der Waals surface area contributed by atoms with Gasteiger partial charge >= 0.3 is 0 Å². The molecule has 2 aromatic rings. The van der Waals surface area contributed by atoms with Crippen LogP contribution in [0.5, 0.6) is 0 Å². The molecule has 0 aliphatic heterocycles. The second-order valence-electron chi connectivity index (χ2n) is 3.51. The number of benzene rings is 1. The molecular weight excluding hydrogens is 306 g/mol. The maximum absolute atomic E-state index is 6.12. The Labute approximate surface area is 113 Å². The normalized spacial score (nSPS) is 12.4. The lowest BCUT2D eigenvalue weighted by atomic mass is 10.2. The van der Waals surface area contributed by atoms with Crippen LogP contribution in [0.25, 0.3) is 0 Å². The van der Waals surface area contributed by atoms with E-state index in [2.05, 4.69) is 45.7 Å². The Morgan fingerprint density at radius 1 is 1.38 bits per heavy atom. The van der Waals surface area contributed by atoms with Crippen LogP contribution in [-0.4, -0.2) is 0 Å². The third-order valence-corrected chi connectivity index (χ3v) is 4.15. The number of halogens is 2. The average molecular weight is 317 g/mol. The van der Waals surface area contributed by atoms with Crippen molar-refractivity contribution >= 4 is 44.6 Å². The van der Waals surface area contributed by atoms with Crippen molar-refractivity contribution in [1.29, 1.82) is 0 Å². The van der Waals surface area contributed by atoms with E-state index in [0.717, 1.165) is 15.2 Å². The van der Waals surface area contributed by atoms with Crippen LogP contribution in [0, 0.1) is 0 Å². The SMILES string of the molecule is CC(Nc1cc(Br)ccc1Cl)c1cccs1. The summed E-state index contributed by atoms with van der Waals surface area (Å²) in [4.78, 5) is 1.30. The quantitative estimate of drug-likeness (QED) is 0.806. The molecule has 0 aliphatic carbocycles. The zero-order valence-corrected chi connectivity index (χ0v) is 11.9. The van der Waals surface area contributed by atoms with Gasteiger partial charge in [0.2, 0.25) is 0 Å². The maximum Gasteiger partial charge on any atom is 0.0638 e. The highest BCUT2D eigenvalue weighted by Crippen LogP contribution is 2.30. The molecule has 1 aromatic carbocycles. The second kappa shape index (κ2) is 5.21. The number of hydrogen-bond acceptors (Lipinski definition) is 2. The molecule has 1 aromatic heterocycles. The van der Waals surface area contributed by atoms with Gasteiger partial charge in [-0.1, -0.05) is 33.6 Å². The van der Waals surface area contributed by atoms with Gasteiger partial charge in [-0.15, -0.1) is 11.3 Å². The maximum atomic E-state index is 6.12. The Bertz CT molecular complexity index is 470. The zero-order valence-electron chi connectivity index (χ0n) is 8.71. The van der Waals surface area contributed by atoms with Crippen molar-refractivity contribution in [3.8, 4) is 0 Å². The molecular formula is C12H11BrClNS. The van der Waals surface area contributed by atoms with Crippen LogP contribution in [0.1, 0.15) is 17.8 Å². The Kier molecular flexibility index (Phi) is 3.90. The molecule has 0 fully saturated rings. The van der Waals surface area contributed by atoms with Crippen LogP contribution in [0.15, 0.2) is 40.2 Å². The van der Waals surface area contributed by atoms with Crippen LogP contribution in [-0.2, 0) is 0 Å². The highest BCUT2D eigenvalue weighted by atomic mass is 79.9. The molecule has 2 rings (SSSR count). The first kappa shape index (κ1) is 12.0. The van der Waals surface area contributed by atoms with Crippen LogP contribution in [0.2, 0.25) is 5.02 Å². The predicted octanol–water partition coefficient (Wildman–Crippen LogP) is 5.34. The number of anilines is 1. The lowest BCUT2D eigenvalue weighted by molar-refractivity contribution is 0.908. The van der Waals surface area contributed by atoms with Crippen LogP contribution < -0.4 is 5.32 Å². The average Bonchev–Trinajstić information content (AvgIpc) is 2.76. The number of rotatable bonds is 3. The molecule has 1 nitrogen and oxygen atoms in total. The van der Waals surface area contributed by atoms with E-state index < -0.39 is 0 Å². The van der Waals surface area contributed by atoms with Gasteiger partial charge in [0.15, 0.2) is 0 Å². The summed E-state index contributed by atoms with van der Waals surface area (Å²) < 4.78 is 1.03. The summed E-state index contributed by atoms with van der Waals surface area (Å²) >= 11 is 11.3. The number of nitrogens with one attached hydrogen (secondary N) is 1. The molecule has 0 amide bonds. The molecule has 1 unspecified atom stereocenters. The Morgan fingerprint density at radius 2 is 2.19 bits per heavy atom. The van der Waals surface area contributed by atoms with E-state index in [1.54, 1.807) is 11.3 Å². The van der Waals surface area contributed by atoms with Gasteiger partial charge in [0.1, 0.15) is 0 Å². The first-order valence-electron chi connectivity index (χ1n) is 4.92. The smallest absolute Gasteiger partial charge is 0.0638 e. The molecule has 84 valence electrons. The van der Waals surface area contributed by atoms with Crippen molar-refractivity contribution in [1.82, 2.24) is 0 Å². The standard InChI is InChI=1S/C12H11BrClNS/c1-8(12-3-2-6-16-12)15-11-7-9(13)4-5-10(11)14/h2-8,15H,1H3. The van der Waals surface area contributed by atoms with Gasteiger partial charge in [0.05, 0.1) is 16.8 Å². The Morgan fingerprint density at radius 3 is 2.88 bits per heavy atom. The molecule has 1 atom stereocenters. The van der Waals surface area contributed by atoms with E-state index >= 15 is 0 Å². The first-order valence-corrected chi connectivity index (χ1v) is 6.97. The van der Waals surface area contributed by atoms with Crippen LogP contribution >= 0.6 is 38.9 Å². The summed E-state index contributed by atoms with van der Waals surface area (Å²) in [7, 11) is 0. The van der Waals surface area contributed by atoms with Gasteiger partial charge in [0.25, 0.3) is 0 Å². The van der Waals surface area contributed by atoms with Crippen LogP contribution in [0.4, 0.5) is 5.69 Å². The molecule has 0 aliphatic rings. The van der Waals surface area contributed by atoms with E-state index in [1.165, 1.54) is 4.88 Å². The summed E-state index contributed by atoms with van der Waals surface area (Å²) in [5, 5.41) is 6.22. The van der Waals surface area contributed by atoms with E-state index in [0.29, 0.717) is 0 Å². The zero-order chi connectivity index (χ0) is 11.5. The summed E-state index contributed by atoms with van der Waals surface area (Å²) in [6, 6.07) is 10.3. The fraction of sp³-hybridized carbons (Fsp3) is 0.167.